The van der Waals surface area contributed by atoms with Gasteiger partial charge in [0.1, 0.15) is 0 Å². The highest BCUT2D eigenvalue weighted by atomic mass is 35.5. The van der Waals surface area contributed by atoms with E-state index in [-0.39, 0.29) is 11.7 Å². The van der Waals surface area contributed by atoms with Gasteiger partial charge in [0, 0.05) is 0 Å². The topological polar surface area (TPSA) is 54.9 Å². The van der Waals surface area contributed by atoms with E-state index in [1.165, 1.54) is 23.1 Å². The van der Waals surface area contributed by atoms with E-state index in [4.69, 9.17) is 11.6 Å². The van der Waals surface area contributed by atoms with Crippen molar-refractivity contribution in [3.05, 3.63) is 28.8 Å². The lowest BCUT2D eigenvalue weighted by molar-refractivity contribution is -0.113. The van der Waals surface area contributed by atoms with Crippen LogP contribution >= 0.6 is 46.5 Å². The Kier molecular flexibility index (Phi) is 5.71. The lowest BCUT2D eigenvalue weighted by atomic mass is 10.2. The van der Waals surface area contributed by atoms with Crippen molar-refractivity contribution in [1.29, 1.82) is 0 Å². The van der Waals surface area contributed by atoms with Crippen molar-refractivity contribution in [2.24, 2.45) is 0 Å². The summed E-state index contributed by atoms with van der Waals surface area (Å²) in [5.74, 6) is 0.175. The molecule has 0 unspecified atom stereocenters. The molecule has 106 valence electrons. The van der Waals surface area contributed by atoms with Gasteiger partial charge in [0.2, 0.25) is 5.91 Å². The molecule has 0 bridgehead atoms. The Morgan fingerprint density at radius 1 is 1.40 bits per heavy atom. The first-order chi connectivity index (χ1) is 9.58. The summed E-state index contributed by atoms with van der Waals surface area (Å²) in [4.78, 5) is 11.9. The third kappa shape index (κ3) is 4.37. The van der Waals surface area contributed by atoms with Gasteiger partial charge in [0.05, 0.1) is 16.5 Å². The summed E-state index contributed by atoms with van der Waals surface area (Å²) < 4.78 is 1.69. The first kappa shape index (κ1) is 15.6. The second kappa shape index (κ2) is 7.31. The zero-order valence-corrected chi connectivity index (χ0v) is 14.0. The first-order valence-electron chi connectivity index (χ1n) is 5.65. The Morgan fingerprint density at radius 2 is 2.15 bits per heavy atom. The number of hydrogen-bond acceptors (Lipinski definition) is 6. The number of carbonyl (C=O) groups is 1. The van der Waals surface area contributed by atoms with Crippen LogP contribution in [0.3, 0.4) is 0 Å². The zero-order valence-electron chi connectivity index (χ0n) is 10.8. The normalized spacial score (nSPS) is 10.6. The molecule has 8 heteroatoms. The average molecular weight is 346 g/mol. The van der Waals surface area contributed by atoms with Crippen LogP contribution in [0.1, 0.15) is 5.56 Å². The SMILES string of the molecule is CSc1nnc(SCC(=O)Nc2ccc(C)cc2Cl)s1. The lowest BCUT2D eigenvalue weighted by Gasteiger charge is -2.06. The summed E-state index contributed by atoms with van der Waals surface area (Å²) in [6.07, 6.45) is 1.95. The fraction of sp³-hybridized carbons (Fsp3) is 0.250. The molecular weight excluding hydrogens is 334 g/mol. The summed E-state index contributed by atoms with van der Waals surface area (Å²) in [6, 6.07) is 5.53. The minimum absolute atomic E-state index is 0.110. The second-order valence-corrected chi connectivity index (χ2v) is 7.52. The monoisotopic (exact) mass is 345 g/mol. The van der Waals surface area contributed by atoms with Crippen LogP contribution in [-0.2, 0) is 4.79 Å². The van der Waals surface area contributed by atoms with Crippen molar-refractivity contribution in [2.75, 3.05) is 17.3 Å². The molecule has 0 fully saturated rings. The van der Waals surface area contributed by atoms with Gasteiger partial charge in [-0.2, -0.15) is 0 Å². The summed E-state index contributed by atoms with van der Waals surface area (Å²) in [6.45, 7) is 1.95. The highest BCUT2D eigenvalue weighted by molar-refractivity contribution is 8.03. The molecule has 1 heterocycles. The van der Waals surface area contributed by atoms with Crippen LogP contribution in [-0.4, -0.2) is 28.1 Å². The lowest BCUT2D eigenvalue weighted by Crippen LogP contribution is -2.14. The van der Waals surface area contributed by atoms with Crippen molar-refractivity contribution in [3.8, 4) is 0 Å². The van der Waals surface area contributed by atoms with Gasteiger partial charge in [0.25, 0.3) is 0 Å². The maximum Gasteiger partial charge on any atom is 0.234 e. The van der Waals surface area contributed by atoms with E-state index in [9.17, 15) is 4.79 Å². The number of benzene rings is 1. The van der Waals surface area contributed by atoms with E-state index in [1.54, 1.807) is 17.8 Å². The van der Waals surface area contributed by atoms with Gasteiger partial charge >= 0.3 is 0 Å². The molecule has 4 nitrogen and oxygen atoms in total. The molecule has 0 radical (unpaired) electrons. The number of nitrogens with zero attached hydrogens (tertiary/aromatic N) is 2. The predicted octanol–water partition coefficient (Wildman–Crippen LogP) is 3.95. The van der Waals surface area contributed by atoms with E-state index in [2.05, 4.69) is 15.5 Å². The van der Waals surface area contributed by atoms with Gasteiger partial charge in [-0.05, 0) is 30.9 Å². The minimum Gasteiger partial charge on any atom is -0.324 e. The molecule has 0 aliphatic heterocycles. The standard InChI is InChI=1S/C12H12ClN3OS3/c1-7-3-4-9(8(13)5-7)14-10(17)6-19-12-16-15-11(18-2)20-12/h3-5H,6H2,1-2H3,(H,14,17). The highest BCUT2D eigenvalue weighted by Crippen LogP contribution is 2.28. The van der Waals surface area contributed by atoms with E-state index in [1.807, 2.05) is 25.3 Å². The molecule has 1 amide bonds. The first-order valence-corrected chi connectivity index (χ1v) is 9.05. The van der Waals surface area contributed by atoms with Crippen LogP contribution < -0.4 is 5.32 Å². The molecule has 0 saturated heterocycles. The number of hydrogen-bond donors (Lipinski definition) is 1. The number of nitrogens with one attached hydrogen (secondary N) is 1. The van der Waals surface area contributed by atoms with Crippen LogP contribution in [0.25, 0.3) is 0 Å². The number of halogens is 1. The predicted molar refractivity (Wildman–Crippen MR) is 87.2 cm³/mol. The molecule has 2 rings (SSSR count). The van der Waals surface area contributed by atoms with Crippen molar-refractivity contribution in [1.82, 2.24) is 10.2 Å². The highest BCUT2D eigenvalue weighted by Gasteiger charge is 2.09. The van der Waals surface area contributed by atoms with E-state index in [0.29, 0.717) is 10.7 Å². The molecular formula is C12H12ClN3OS3. The zero-order chi connectivity index (χ0) is 14.5. The van der Waals surface area contributed by atoms with Crippen molar-refractivity contribution >= 4 is 58.1 Å². The summed E-state index contributed by atoms with van der Waals surface area (Å²) in [5.41, 5.74) is 1.69. The van der Waals surface area contributed by atoms with E-state index in [0.717, 1.165) is 14.2 Å². The van der Waals surface area contributed by atoms with Gasteiger partial charge in [-0.15, -0.1) is 10.2 Å². The second-order valence-electron chi connectivity index (χ2n) is 3.86. The molecule has 20 heavy (non-hydrogen) atoms. The summed E-state index contributed by atoms with van der Waals surface area (Å²) in [5, 5.41) is 11.3. The molecule has 1 N–H and O–H groups in total. The van der Waals surface area contributed by atoms with Gasteiger partial charge in [0.15, 0.2) is 8.68 Å². The maximum atomic E-state index is 11.9. The van der Waals surface area contributed by atoms with E-state index < -0.39 is 0 Å². The quantitative estimate of drug-likeness (QED) is 0.831. The van der Waals surface area contributed by atoms with Crippen LogP contribution in [0.2, 0.25) is 5.02 Å². The molecule has 0 spiro atoms. The Balaban J connectivity index is 1.89. The van der Waals surface area contributed by atoms with Gasteiger partial charge < -0.3 is 5.32 Å². The van der Waals surface area contributed by atoms with Crippen LogP contribution in [0.5, 0.6) is 0 Å². The molecule has 0 saturated carbocycles. The average Bonchev–Trinajstić information content (AvgIpc) is 2.88. The molecule has 1 aromatic carbocycles. The minimum atomic E-state index is -0.110. The van der Waals surface area contributed by atoms with Crippen molar-refractivity contribution < 1.29 is 4.79 Å². The fourth-order valence-electron chi connectivity index (χ4n) is 1.37. The van der Waals surface area contributed by atoms with Crippen molar-refractivity contribution in [2.45, 2.75) is 15.6 Å². The smallest absolute Gasteiger partial charge is 0.234 e. The number of aromatic nitrogens is 2. The Bertz CT molecular complexity index is 618. The Morgan fingerprint density at radius 3 is 2.80 bits per heavy atom. The van der Waals surface area contributed by atoms with Gasteiger partial charge in [-0.3, -0.25) is 4.79 Å². The molecule has 0 atom stereocenters. The number of thioether (sulfide) groups is 2. The number of rotatable bonds is 5. The van der Waals surface area contributed by atoms with Crippen LogP contribution in [0.4, 0.5) is 5.69 Å². The van der Waals surface area contributed by atoms with Gasteiger partial charge in [-0.25, -0.2) is 0 Å². The van der Waals surface area contributed by atoms with Crippen LogP contribution in [0, 0.1) is 6.92 Å². The summed E-state index contributed by atoms with van der Waals surface area (Å²) in [7, 11) is 0. The number of anilines is 1. The molecule has 1 aromatic heterocycles. The molecule has 2 aromatic rings. The number of aryl methyl sites for hydroxylation is 1. The largest absolute Gasteiger partial charge is 0.324 e. The Hall–Kier alpha value is -0.760. The van der Waals surface area contributed by atoms with E-state index >= 15 is 0 Å². The molecule has 0 aliphatic rings. The number of carbonyl (C=O) groups excluding carboxylic acids is 1. The Labute approximate surface area is 134 Å². The summed E-state index contributed by atoms with van der Waals surface area (Å²) >= 11 is 10.5. The fourth-order valence-corrected chi connectivity index (χ4v) is 3.89. The van der Waals surface area contributed by atoms with Crippen molar-refractivity contribution in [3.63, 3.8) is 0 Å². The third-order valence-corrected chi connectivity index (χ3v) is 5.63. The molecule has 0 aliphatic carbocycles. The number of amides is 1. The van der Waals surface area contributed by atoms with Gasteiger partial charge in [-0.1, -0.05) is 52.5 Å². The van der Waals surface area contributed by atoms with Crippen LogP contribution in [0.15, 0.2) is 26.9 Å². The third-order valence-electron chi connectivity index (χ3n) is 2.29. The maximum absolute atomic E-state index is 11.9.